The normalized spacial score (nSPS) is 47.7. The van der Waals surface area contributed by atoms with E-state index in [0.717, 1.165) is 32.1 Å². The van der Waals surface area contributed by atoms with Crippen molar-refractivity contribution in [2.45, 2.75) is 49.7 Å². The molecule has 0 amide bonds. The van der Waals surface area contributed by atoms with Crippen LogP contribution in [0.1, 0.15) is 38.5 Å². The van der Waals surface area contributed by atoms with Crippen molar-refractivity contribution in [2.75, 3.05) is 13.6 Å². The van der Waals surface area contributed by atoms with E-state index in [-0.39, 0.29) is 12.1 Å². The zero-order chi connectivity index (χ0) is 12.3. The van der Waals surface area contributed by atoms with Gasteiger partial charge in [0.05, 0.1) is 12.1 Å². The van der Waals surface area contributed by atoms with E-state index in [2.05, 4.69) is 0 Å². The third-order valence-corrected chi connectivity index (χ3v) is 5.18. The molecule has 2 atom stereocenters. The number of carboxylic acids is 1. The molecule has 2 unspecified atom stereocenters. The monoisotopic (exact) mass is 239 g/mol. The molecule has 17 heavy (non-hydrogen) atoms. The van der Waals surface area contributed by atoms with Gasteiger partial charge in [0, 0.05) is 5.54 Å². The van der Waals surface area contributed by atoms with Gasteiger partial charge in [0.1, 0.15) is 0 Å². The molecule has 4 nitrogen and oxygen atoms in total. The van der Waals surface area contributed by atoms with Crippen LogP contribution in [-0.4, -0.2) is 45.8 Å². The van der Waals surface area contributed by atoms with E-state index >= 15 is 0 Å². The van der Waals surface area contributed by atoms with Gasteiger partial charge in [-0.2, -0.15) is 0 Å². The van der Waals surface area contributed by atoms with Gasteiger partial charge in [0.2, 0.25) is 0 Å². The van der Waals surface area contributed by atoms with Crippen molar-refractivity contribution in [1.29, 1.82) is 0 Å². The minimum Gasteiger partial charge on any atom is -0.480 e. The summed E-state index contributed by atoms with van der Waals surface area (Å²) in [6, 6.07) is 0. The number of likely N-dealkylation sites (N-methyl/N-ethyl adjacent to an activating group) is 1. The molecule has 4 aliphatic rings. The second-order valence-electron chi connectivity index (χ2n) is 6.66. The zero-order valence-electron chi connectivity index (χ0n) is 10.4. The molecular formula is C13H21NO3. The van der Waals surface area contributed by atoms with E-state index in [4.69, 9.17) is 5.11 Å². The van der Waals surface area contributed by atoms with E-state index in [0.29, 0.717) is 11.8 Å². The second kappa shape index (κ2) is 3.45. The first-order valence-corrected chi connectivity index (χ1v) is 6.56. The lowest BCUT2D eigenvalue weighted by atomic mass is 9.50. The van der Waals surface area contributed by atoms with Crippen molar-refractivity contribution < 1.29 is 15.0 Å². The Hall–Kier alpha value is -0.610. The molecule has 2 N–H and O–H groups in total. The van der Waals surface area contributed by atoms with Crippen LogP contribution in [-0.2, 0) is 4.79 Å². The van der Waals surface area contributed by atoms with Crippen LogP contribution in [0, 0.1) is 11.8 Å². The summed E-state index contributed by atoms with van der Waals surface area (Å²) in [7, 11) is 1.91. The fraction of sp³-hybridized carbons (Fsp3) is 0.923. The molecule has 0 spiro atoms. The summed E-state index contributed by atoms with van der Waals surface area (Å²) in [5, 5.41) is 19.5. The minimum atomic E-state index is -0.768. The summed E-state index contributed by atoms with van der Waals surface area (Å²) in [5.74, 6) is 0.449. The van der Waals surface area contributed by atoms with Crippen molar-refractivity contribution in [2.24, 2.45) is 11.8 Å². The number of aliphatic carboxylic acids is 1. The Balaban J connectivity index is 1.85. The highest BCUT2D eigenvalue weighted by Crippen LogP contribution is 2.59. The topological polar surface area (TPSA) is 60.8 Å². The van der Waals surface area contributed by atoms with Crippen LogP contribution >= 0.6 is 0 Å². The molecule has 0 radical (unpaired) electrons. The maximum Gasteiger partial charge on any atom is 0.317 e. The van der Waals surface area contributed by atoms with Gasteiger partial charge < -0.3 is 10.2 Å². The molecule has 4 heteroatoms. The average Bonchev–Trinajstić information content (AvgIpc) is 2.11. The number of hydrogen-bond donors (Lipinski definition) is 2. The number of nitrogens with zero attached hydrogens (tertiary/aromatic N) is 1. The quantitative estimate of drug-likeness (QED) is 0.774. The number of rotatable bonds is 3. The van der Waals surface area contributed by atoms with Gasteiger partial charge in [-0.15, -0.1) is 0 Å². The number of carbonyl (C=O) groups is 1. The number of carboxylic acid groups (broad SMARTS) is 1. The average molecular weight is 239 g/mol. The molecular weight excluding hydrogens is 218 g/mol. The highest BCUT2D eigenvalue weighted by Gasteiger charge is 2.58. The van der Waals surface area contributed by atoms with E-state index in [1.165, 1.54) is 6.42 Å². The third kappa shape index (κ3) is 1.78. The highest BCUT2D eigenvalue weighted by molar-refractivity contribution is 5.69. The maximum absolute atomic E-state index is 10.9. The predicted octanol–water partition coefficient (Wildman–Crippen LogP) is 1.09. The van der Waals surface area contributed by atoms with Gasteiger partial charge in [-0.1, -0.05) is 0 Å². The summed E-state index contributed by atoms with van der Waals surface area (Å²) in [6.07, 6.45) is 6.05. The lowest BCUT2D eigenvalue weighted by Crippen LogP contribution is -2.65. The summed E-state index contributed by atoms with van der Waals surface area (Å²) in [6.45, 7) is 0.0928. The van der Waals surface area contributed by atoms with Crippen LogP contribution in [0.15, 0.2) is 0 Å². The summed E-state index contributed by atoms with van der Waals surface area (Å²) < 4.78 is 0. The van der Waals surface area contributed by atoms with E-state index in [9.17, 15) is 9.90 Å². The molecule has 96 valence electrons. The first-order chi connectivity index (χ1) is 7.91. The standard InChI is InChI=1S/C13H21NO3/c1-14(7-11(15)16)12-3-9-2-10(4-12)6-13(17,5-9)8-12/h9-10,17H,2-8H2,1H3,(H,15,16). The molecule has 4 bridgehead atoms. The fourth-order valence-electron chi connectivity index (χ4n) is 4.98. The smallest absolute Gasteiger partial charge is 0.317 e. The van der Waals surface area contributed by atoms with Gasteiger partial charge in [-0.3, -0.25) is 9.69 Å². The van der Waals surface area contributed by atoms with Crippen molar-refractivity contribution in [1.82, 2.24) is 4.90 Å². The van der Waals surface area contributed by atoms with Crippen molar-refractivity contribution in [3.8, 4) is 0 Å². The van der Waals surface area contributed by atoms with Crippen molar-refractivity contribution >= 4 is 5.97 Å². The van der Waals surface area contributed by atoms with Crippen molar-refractivity contribution in [3.05, 3.63) is 0 Å². The SMILES string of the molecule is CN(CC(=O)O)C12CC3CC(CC(O)(C3)C1)C2. The van der Waals surface area contributed by atoms with Crippen LogP contribution in [0.5, 0.6) is 0 Å². The van der Waals surface area contributed by atoms with Crippen LogP contribution in [0.2, 0.25) is 0 Å². The molecule has 4 saturated carbocycles. The minimum absolute atomic E-state index is 0.0444. The largest absolute Gasteiger partial charge is 0.480 e. The Bertz CT molecular complexity index is 341. The van der Waals surface area contributed by atoms with Gasteiger partial charge in [-0.25, -0.2) is 0 Å². The molecule has 4 rings (SSSR count). The summed E-state index contributed by atoms with van der Waals surface area (Å²) in [4.78, 5) is 12.9. The molecule has 0 aromatic rings. The Morgan fingerprint density at radius 1 is 1.29 bits per heavy atom. The fourth-order valence-corrected chi connectivity index (χ4v) is 4.98. The van der Waals surface area contributed by atoms with E-state index in [1.54, 1.807) is 0 Å². The van der Waals surface area contributed by atoms with E-state index < -0.39 is 11.6 Å². The Labute approximate surface area is 102 Å². The van der Waals surface area contributed by atoms with Gasteiger partial charge >= 0.3 is 5.97 Å². The lowest BCUT2D eigenvalue weighted by Gasteiger charge is -2.62. The van der Waals surface area contributed by atoms with Gasteiger partial charge in [0.25, 0.3) is 0 Å². The number of hydrogen-bond acceptors (Lipinski definition) is 3. The Morgan fingerprint density at radius 2 is 1.88 bits per heavy atom. The first kappa shape index (κ1) is 11.5. The third-order valence-electron chi connectivity index (χ3n) is 5.18. The summed E-state index contributed by atoms with van der Waals surface area (Å²) in [5.41, 5.74) is -0.548. The molecule has 4 fully saturated rings. The zero-order valence-corrected chi connectivity index (χ0v) is 10.4. The Morgan fingerprint density at radius 3 is 2.35 bits per heavy atom. The predicted molar refractivity (Wildman–Crippen MR) is 62.6 cm³/mol. The van der Waals surface area contributed by atoms with Crippen LogP contribution < -0.4 is 0 Å². The molecule has 0 aromatic heterocycles. The van der Waals surface area contributed by atoms with Crippen molar-refractivity contribution in [3.63, 3.8) is 0 Å². The van der Waals surface area contributed by atoms with Crippen LogP contribution in [0.25, 0.3) is 0 Å². The van der Waals surface area contributed by atoms with Crippen LogP contribution in [0.3, 0.4) is 0 Å². The molecule has 0 aliphatic heterocycles. The molecule has 0 heterocycles. The first-order valence-electron chi connectivity index (χ1n) is 6.56. The number of aliphatic hydroxyl groups is 1. The molecule has 4 aliphatic carbocycles. The Kier molecular flexibility index (Phi) is 2.33. The lowest BCUT2D eigenvalue weighted by molar-refractivity contribution is -0.176. The van der Waals surface area contributed by atoms with E-state index in [1.807, 2.05) is 11.9 Å². The summed E-state index contributed by atoms with van der Waals surface area (Å²) >= 11 is 0. The second-order valence-corrected chi connectivity index (χ2v) is 6.66. The molecule has 0 saturated heterocycles. The molecule has 0 aromatic carbocycles. The maximum atomic E-state index is 10.9. The van der Waals surface area contributed by atoms with Gasteiger partial charge in [0.15, 0.2) is 0 Å². The highest BCUT2D eigenvalue weighted by atomic mass is 16.4. The van der Waals surface area contributed by atoms with Gasteiger partial charge in [-0.05, 0) is 57.4 Å². The van der Waals surface area contributed by atoms with Crippen LogP contribution in [0.4, 0.5) is 0 Å².